The van der Waals surface area contributed by atoms with Crippen LogP contribution in [0.4, 0.5) is 5.69 Å². The van der Waals surface area contributed by atoms with Crippen molar-refractivity contribution < 1.29 is 4.92 Å². The first kappa shape index (κ1) is 16.2. The third-order valence-electron chi connectivity index (χ3n) is 4.41. The summed E-state index contributed by atoms with van der Waals surface area (Å²) < 4.78 is 0. The lowest BCUT2D eigenvalue weighted by Crippen LogP contribution is -2.31. The topological polar surface area (TPSA) is 97.9 Å². The lowest BCUT2D eigenvalue weighted by Gasteiger charge is -2.27. The van der Waals surface area contributed by atoms with Gasteiger partial charge in [-0.25, -0.2) is 19.9 Å². The van der Waals surface area contributed by atoms with Crippen LogP contribution in [-0.4, -0.2) is 36.3 Å². The third kappa shape index (κ3) is 3.27. The van der Waals surface area contributed by atoms with Crippen LogP contribution in [0.2, 0.25) is 0 Å². The molecular weight excluding hydrogens is 332 g/mol. The first-order chi connectivity index (χ1) is 12.7. The highest BCUT2D eigenvalue weighted by Gasteiger charge is 2.21. The molecule has 1 aliphatic rings. The van der Waals surface area contributed by atoms with Crippen molar-refractivity contribution in [2.75, 3.05) is 6.54 Å². The van der Waals surface area contributed by atoms with Gasteiger partial charge in [-0.15, -0.1) is 0 Å². The first-order valence-corrected chi connectivity index (χ1v) is 8.25. The average Bonchev–Trinajstić information content (AvgIpc) is 2.68. The van der Waals surface area contributed by atoms with E-state index in [0.717, 1.165) is 35.3 Å². The summed E-state index contributed by atoms with van der Waals surface area (Å²) >= 11 is 0. The number of para-hydroxylation sites is 1. The number of aromatic nitrogens is 4. The molecule has 0 aliphatic carbocycles. The van der Waals surface area contributed by atoms with Crippen LogP contribution in [0.25, 0.3) is 11.4 Å². The summed E-state index contributed by atoms with van der Waals surface area (Å²) in [7, 11) is 0. The monoisotopic (exact) mass is 348 g/mol. The van der Waals surface area contributed by atoms with Crippen LogP contribution in [0.3, 0.4) is 0 Å². The van der Waals surface area contributed by atoms with E-state index in [2.05, 4.69) is 24.8 Å². The highest BCUT2D eigenvalue weighted by Crippen LogP contribution is 2.24. The second kappa shape index (κ2) is 6.93. The minimum atomic E-state index is -0.329. The minimum Gasteiger partial charge on any atom is -0.294 e. The molecular formula is C18H16N6O2. The number of rotatable bonds is 4. The van der Waals surface area contributed by atoms with Gasteiger partial charge in [0, 0.05) is 61.8 Å². The number of hydrogen-bond donors (Lipinski definition) is 0. The van der Waals surface area contributed by atoms with Crippen LogP contribution in [-0.2, 0) is 19.5 Å². The molecule has 2 aromatic heterocycles. The molecule has 0 amide bonds. The fraction of sp³-hybridized carbons (Fsp3) is 0.222. The smallest absolute Gasteiger partial charge is 0.273 e. The molecule has 0 fully saturated rings. The molecule has 0 spiro atoms. The van der Waals surface area contributed by atoms with Gasteiger partial charge < -0.3 is 0 Å². The predicted octanol–water partition coefficient (Wildman–Crippen LogP) is 2.40. The standard InChI is InChI=1S/C18H16N6O2/c25-24(26)17-4-2-1-3-13(17)10-23-6-5-16-15(11-23)9-21-18(22-16)14-7-19-12-20-8-14/h1-4,7-9,12H,5-6,10-11H2. The summed E-state index contributed by atoms with van der Waals surface area (Å²) in [6.45, 7) is 2.00. The zero-order valence-electron chi connectivity index (χ0n) is 13.9. The van der Waals surface area contributed by atoms with E-state index in [4.69, 9.17) is 0 Å². The Morgan fingerprint density at radius 2 is 1.96 bits per heavy atom. The van der Waals surface area contributed by atoms with Gasteiger partial charge in [0.05, 0.1) is 16.2 Å². The number of nitrogens with zero attached hydrogens (tertiary/aromatic N) is 6. The second-order valence-corrected chi connectivity index (χ2v) is 6.14. The van der Waals surface area contributed by atoms with Crippen LogP contribution >= 0.6 is 0 Å². The molecule has 0 unspecified atom stereocenters. The van der Waals surface area contributed by atoms with Gasteiger partial charge in [0.15, 0.2) is 5.82 Å². The largest absolute Gasteiger partial charge is 0.294 e. The Kier molecular flexibility index (Phi) is 4.32. The van der Waals surface area contributed by atoms with Crippen molar-refractivity contribution in [3.05, 3.63) is 76.1 Å². The van der Waals surface area contributed by atoms with E-state index in [0.29, 0.717) is 18.9 Å². The highest BCUT2D eigenvalue weighted by atomic mass is 16.6. The fourth-order valence-electron chi connectivity index (χ4n) is 3.13. The molecule has 0 bridgehead atoms. The van der Waals surface area contributed by atoms with Crippen LogP contribution in [0, 0.1) is 10.1 Å². The molecule has 130 valence electrons. The highest BCUT2D eigenvalue weighted by molar-refractivity contribution is 5.52. The number of nitro benzene ring substituents is 1. The summed E-state index contributed by atoms with van der Waals surface area (Å²) in [5, 5.41) is 11.2. The van der Waals surface area contributed by atoms with Crippen molar-refractivity contribution in [2.24, 2.45) is 0 Å². The van der Waals surface area contributed by atoms with Crippen molar-refractivity contribution in [1.29, 1.82) is 0 Å². The molecule has 3 heterocycles. The van der Waals surface area contributed by atoms with Gasteiger partial charge in [-0.1, -0.05) is 18.2 Å². The number of hydrogen-bond acceptors (Lipinski definition) is 7. The molecule has 0 saturated heterocycles. The Labute approximate surface area is 149 Å². The van der Waals surface area contributed by atoms with Crippen LogP contribution in [0.5, 0.6) is 0 Å². The van der Waals surface area contributed by atoms with E-state index in [1.165, 1.54) is 6.33 Å². The number of benzene rings is 1. The second-order valence-electron chi connectivity index (χ2n) is 6.14. The maximum absolute atomic E-state index is 11.2. The van der Waals surface area contributed by atoms with Crippen molar-refractivity contribution in [3.8, 4) is 11.4 Å². The maximum Gasteiger partial charge on any atom is 0.273 e. The van der Waals surface area contributed by atoms with Crippen molar-refractivity contribution in [3.63, 3.8) is 0 Å². The van der Waals surface area contributed by atoms with Gasteiger partial charge in [0.1, 0.15) is 6.33 Å². The summed E-state index contributed by atoms with van der Waals surface area (Å²) in [6.07, 6.45) is 7.47. The van der Waals surface area contributed by atoms with Crippen LogP contribution < -0.4 is 0 Å². The van der Waals surface area contributed by atoms with Crippen LogP contribution in [0.15, 0.2) is 49.2 Å². The molecule has 0 saturated carbocycles. The van der Waals surface area contributed by atoms with Crippen LogP contribution in [0.1, 0.15) is 16.8 Å². The van der Waals surface area contributed by atoms with E-state index in [9.17, 15) is 10.1 Å². The van der Waals surface area contributed by atoms with Gasteiger partial charge in [0.2, 0.25) is 0 Å². The van der Waals surface area contributed by atoms with Gasteiger partial charge in [-0.2, -0.15) is 0 Å². The van der Waals surface area contributed by atoms with E-state index >= 15 is 0 Å². The Hall–Kier alpha value is -3.26. The first-order valence-electron chi connectivity index (χ1n) is 8.25. The van der Waals surface area contributed by atoms with Crippen molar-refractivity contribution in [1.82, 2.24) is 24.8 Å². The van der Waals surface area contributed by atoms with Gasteiger partial charge in [-0.05, 0) is 0 Å². The molecule has 4 rings (SSSR count). The van der Waals surface area contributed by atoms with E-state index in [1.807, 2.05) is 18.3 Å². The van der Waals surface area contributed by atoms with Gasteiger partial charge in [0.25, 0.3) is 5.69 Å². The average molecular weight is 348 g/mol. The van der Waals surface area contributed by atoms with E-state index in [1.54, 1.807) is 24.5 Å². The Balaban J connectivity index is 1.53. The molecule has 0 atom stereocenters. The molecule has 3 aromatic rings. The summed E-state index contributed by atoms with van der Waals surface area (Å²) in [5.74, 6) is 0.622. The Morgan fingerprint density at radius 1 is 1.15 bits per heavy atom. The zero-order chi connectivity index (χ0) is 17.9. The normalized spacial score (nSPS) is 14.0. The molecule has 1 aliphatic heterocycles. The van der Waals surface area contributed by atoms with E-state index < -0.39 is 0 Å². The third-order valence-corrected chi connectivity index (χ3v) is 4.41. The molecule has 8 heteroatoms. The minimum absolute atomic E-state index is 0.161. The number of nitro groups is 1. The fourth-order valence-corrected chi connectivity index (χ4v) is 3.13. The predicted molar refractivity (Wildman–Crippen MR) is 94.0 cm³/mol. The molecule has 26 heavy (non-hydrogen) atoms. The van der Waals surface area contributed by atoms with Gasteiger partial charge in [-0.3, -0.25) is 15.0 Å². The summed E-state index contributed by atoms with van der Waals surface area (Å²) in [4.78, 5) is 30.1. The SMILES string of the molecule is O=[N+]([O-])c1ccccc1CN1CCc2nc(-c3cncnc3)ncc2C1. The Bertz CT molecular complexity index is 947. The molecule has 8 nitrogen and oxygen atoms in total. The lowest BCUT2D eigenvalue weighted by molar-refractivity contribution is -0.385. The van der Waals surface area contributed by atoms with Gasteiger partial charge >= 0.3 is 0 Å². The molecule has 0 radical (unpaired) electrons. The Morgan fingerprint density at radius 3 is 2.77 bits per heavy atom. The maximum atomic E-state index is 11.2. The molecule has 1 aromatic carbocycles. The van der Waals surface area contributed by atoms with Crippen molar-refractivity contribution >= 4 is 5.69 Å². The van der Waals surface area contributed by atoms with Crippen molar-refractivity contribution in [2.45, 2.75) is 19.5 Å². The number of fused-ring (bicyclic) bond motifs is 1. The summed E-state index contributed by atoms with van der Waals surface area (Å²) in [6, 6.07) is 6.88. The zero-order valence-corrected chi connectivity index (χ0v) is 13.9. The van der Waals surface area contributed by atoms with E-state index in [-0.39, 0.29) is 10.6 Å². The summed E-state index contributed by atoms with van der Waals surface area (Å²) in [5.41, 5.74) is 3.74. The molecule has 0 N–H and O–H groups in total. The quantitative estimate of drug-likeness (QED) is 0.527. The lowest BCUT2D eigenvalue weighted by atomic mass is 10.1.